The Bertz CT molecular complexity index is 658. The zero-order valence-electron chi connectivity index (χ0n) is 12.1. The van der Waals surface area contributed by atoms with Gasteiger partial charge in [0.15, 0.2) is 0 Å². The first kappa shape index (κ1) is 15.2. The van der Waals surface area contributed by atoms with Crippen molar-refractivity contribution >= 4 is 11.6 Å². The first-order chi connectivity index (χ1) is 10.6. The van der Waals surface area contributed by atoms with Crippen LogP contribution >= 0.6 is 11.6 Å². The Morgan fingerprint density at radius 1 is 1.00 bits per heavy atom. The van der Waals surface area contributed by atoms with Crippen molar-refractivity contribution in [2.75, 3.05) is 0 Å². The summed E-state index contributed by atoms with van der Waals surface area (Å²) >= 11 is 5.86. The van der Waals surface area contributed by atoms with Crippen LogP contribution in [0, 0.1) is 5.92 Å². The van der Waals surface area contributed by atoms with Crippen LogP contribution in [-0.2, 0) is 6.42 Å². The maximum absolute atomic E-state index is 13.3. The molecule has 0 amide bonds. The molecule has 0 heterocycles. The fourth-order valence-electron chi connectivity index (χ4n) is 3.22. The first-order valence-electron chi connectivity index (χ1n) is 7.49. The zero-order chi connectivity index (χ0) is 15.5. The molecule has 1 aliphatic rings. The molecule has 0 N–H and O–H groups in total. The summed E-state index contributed by atoms with van der Waals surface area (Å²) in [4.78, 5) is 0. The van der Waals surface area contributed by atoms with E-state index in [1.54, 1.807) is 12.1 Å². The lowest BCUT2D eigenvalue weighted by Gasteiger charge is -2.38. The third-order valence-electron chi connectivity index (χ3n) is 4.45. The van der Waals surface area contributed by atoms with Crippen LogP contribution in [0.15, 0.2) is 66.3 Å². The molecule has 22 heavy (non-hydrogen) atoms. The van der Waals surface area contributed by atoms with Crippen LogP contribution in [0.2, 0.25) is 5.02 Å². The van der Waals surface area contributed by atoms with Gasteiger partial charge in [-0.2, -0.15) is 8.78 Å². The van der Waals surface area contributed by atoms with E-state index in [0.717, 1.165) is 24.8 Å². The quantitative estimate of drug-likeness (QED) is 0.627. The monoisotopic (exact) mass is 318 g/mol. The number of hydrogen-bond donors (Lipinski definition) is 0. The highest BCUT2D eigenvalue weighted by Crippen LogP contribution is 2.51. The predicted molar refractivity (Wildman–Crippen MR) is 86.3 cm³/mol. The van der Waals surface area contributed by atoms with Crippen LogP contribution in [0.25, 0.3) is 0 Å². The summed E-state index contributed by atoms with van der Waals surface area (Å²) in [5, 5.41) is 0.634. The summed E-state index contributed by atoms with van der Waals surface area (Å²) in [6, 6.07) is 17.3. The molecule has 2 aromatic carbocycles. The van der Waals surface area contributed by atoms with Gasteiger partial charge in [-0.1, -0.05) is 54.1 Å². The van der Waals surface area contributed by atoms with E-state index in [0.29, 0.717) is 10.6 Å². The standard InChI is InChI=1S/C19H17ClF2/c20-16-10-8-14(9-11-16)17-12-15(18(17)19(21)22)7-6-13-4-2-1-3-5-13/h1-5,8-11,15,17H,6-7,12H2/t15-,17-/m0/s1. The van der Waals surface area contributed by atoms with Crippen molar-refractivity contribution < 1.29 is 8.78 Å². The van der Waals surface area contributed by atoms with E-state index in [4.69, 9.17) is 11.6 Å². The van der Waals surface area contributed by atoms with Crippen molar-refractivity contribution in [1.29, 1.82) is 0 Å². The molecular weight excluding hydrogens is 302 g/mol. The van der Waals surface area contributed by atoms with Crippen molar-refractivity contribution in [3.05, 3.63) is 82.4 Å². The maximum Gasteiger partial charge on any atom is 0.270 e. The minimum atomic E-state index is -1.51. The molecule has 0 unspecified atom stereocenters. The van der Waals surface area contributed by atoms with Crippen molar-refractivity contribution in [1.82, 2.24) is 0 Å². The number of allylic oxidation sites excluding steroid dienone is 1. The molecule has 2 aromatic rings. The minimum Gasteiger partial charge on any atom is -0.173 e. The molecule has 0 saturated heterocycles. The maximum atomic E-state index is 13.3. The van der Waals surface area contributed by atoms with Gasteiger partial charge in [0.1, 0.15) is 0 Å². The number of aryl methyl sites for hydroxylation is 1. The van der Waals surface area contributed by atoms with Gasteiger partial charge < -0.3 is 0 Å². The molecule has 0 bridgehead atoms. The van der Waals surface area contributed by atoms with E-state index >= 15 is 0 Å². The molecule has 0 nitrogen and oxygen atoms in total. The molecule has 1 aliphatic carbocycles. The summed E-state index contributed by atoms with van der Waals surface area (Å²) < 4.78 is 26.6. The van der Waals surface area contributed by atoms with E-state index in [9.17, 15) is 8.78 Å². The van der Waals surface area contributed by atoms with E-state index in [1.807, 2.05) is 42.5 Å². The Balaban J connectivity index is 1.68. The summed E-state index contributed by atoms with van der Waals surface area (Å²) in [7, 11) is 0. The average Bonchev–Trinajstić information content (AvgIpc) is 2.48. The number of halogens is 3. The molecule has 0 aromatic heterocycles. The van der Waals surface area contributed by atoms with Gasteiger partial charge in [-0.15, -0.1) is 0 Å². The summed E-state index contributed by atoms with van der Waals surface area (Å²) in [5.74, 6) is -0.158. The third-order valence-corrected chi connectivity index (χ3v) is 4.70. The molecule has 0 radical (unpaired) electrons. The lowest BCUT2D eigenvalue weighted by molar-refractivity contribution is 0.303. The number of hydrogen-bond acceptors (Lipinski definition) is 0. The van der Waals surface area contributed by atoms with Crippen LogP contribution in [0.5, 0.6) is 0 Å². The van der Waals surface area contributed by atoms with Gasteiger partial charge in [-0.25, -0.2) is 0 Å². The fraction of sp³-hybridized carbons (Fsp3) is 0.263. The topological polar surface area (TPSA) is 0 Å². The predicted octanol–water partition coefficient (Wildman–Crippen LogP) is 6.23. The van der Waals surface area contributed by atoms with Crippen LogP contribution in [0.1, 0.15) is 29.9 Å². The van der Waals surface area contributed by atoms with Crippen LogP contribution < -0.4 is 0 Å². The molecule has 3 heteroatoms. The van der Waals surface area contributed by atoms with Gasteiger partial charge in [-0.3, -0.25) is 0 Å². The van der Waals surface area contributed by atoms with E-state index in [-0.39, 0.29) is 11.8 Å². The van der Waals surface area contributed by atoms with Gasteiger partial charge in [0, 0.05) is 16.5 Å². The number of rotatable bonds is 4. The second kappa shape index (κ2) is 6.62. The lowest BCUT2D eigenvalue weighted by Crippen LogP contribution is -2.27. The van der Waals surface area contributed by atoms with Crippen LogP contribution in [0.3, 0.4) is 0 Å². The smallest absolute Gasteiger partial charge is 0.173 e. The lowest BCUT2D eigenvalue weighted by atomic mass is 9.65. The second-order valence-electron chi connectivity index (χ2n) is 5.78. The van der Waals surface area contributed by atoms with Gasteiger partial charge in [0.25, 0.3) is 6.08 Å². The normalized spacial score (nSPS) is 20.6. The van der Waals surface area contributed by atoms with Gasteiger partial charge >= 0.3 is 0 Å². The minimum absolute atomic E-state index is 0.00844. The SMILES string of the molecule is FC(F)=C1[C@@H](CCc2ccccc2)C[C@H]1c1ccc(Cl)cc1. The first-order valence-corrected chi connectivity index (χ1v) is 7.87. The average molecular weight is 319 g/mol. The summed E-state index contributed by atoms with van der Waals surface area (Å²) in [6.07, 6.45) is 0.904. The zero-order valence-corrected chi connectivity index (χ0v) is 12.9. The highest BCUT2D eigenvalue weighted by Gasteiger charge is 2.39. The molecule has 0 aliphatic heterocycles. The second-order valence-corrected chi connectivity index (χ2v) is 6.21. The highest BCUT2D eigenvalue weighted by atomic mass is 35.5. The van der Waals surface area contributed by atoms with E-state index < -0.39 is 6.08 Å². The molecule has 0 spiro atoms. The Hall–Kier alpha value is -1.67. The van der Waals surface area contributed by atoms with E-state index in [2.05, 4.69) is 0 Å². The fourth-order valence-corrected chi connectivity index (χ4v) is 3.34. The summed E-state index contributed by atoms with van der Waals surface area (Å²) in [5.41, 5.74) is 2.46. The van der Waals surface area contributed by atoms with Crippen molar-refractivity contribution in [2.24, 2.45) is 5.92 Å². The molecular formula is C19H17ClF2. The largest absolute Gasteiger partial charge is 0.270 e. The van der Waals surface area contributed by atoms with Crippen molar-refractivity contribution in [3.8, 4) is 0 Å². The molecule has 1 saturated carbocycles. The number of benzene rings is 2. The molecule has 1 fully saturated rings. The van der Waals surface area contributed by atoms with E-state index in [1.165, 1.54) is 5.56 Å². The Labute approximate surface area is 134 Å². The summed E-state index contributed by atoms with van der Waals surface area (Å²) in [6.45, 7) is 0. The Morgan fingerprint density at radius 2 is 1.68 bits per heavy atom. The Morgan fingerprint density at radius 3 is 2.32 bits per heavy atom. The van der Waals surface area contributed by atoms with Crippen LogP contribution in [0.4, 0.5) is 8.78 Å². The van der Waals surface area contributed by atoms with Crippen molar-refractivity contribution in [3.63, 3.8) is 0 Å². The molecule has 2 atom stereocenters. The van der Waals surface area contributed by atoms with Crippen LogP contribution in [-0.4, -0.2) is 0 Å². The molecule has 114 valence electrons. The third kappa shape index (κ3) is 3.22. The Kier molecular flexibility index (Phi) is 4.58. The highest BCUT2D eigenvalue weighted by molar-refractivity contribution is 6.30. The van der Waals surface area contributed by atoms with Gasteiger partial charge in [0.05, 0.1) is 0 Å². The molecule has 3 rings (SSSR count). The van der Waals surface area contributed by atoms with Gasteiger partial charge in [-0.05, 0) is 48.4 Å². The van der Waals surface area contributed by atoms with Gasteiger partial charge in [0.2, 0.25) is 0 Å². The van der Waals surface area contributed by atoms with Crippen molar-refractivity contribution in [2.45, 2.75) is 25.2 Å².